The quantitative estimate of drug-likeness (QED) is 0.748. The summed E-state index contributed by atoms with van der Waals surface area (Å²) in [6, 6.07) is 15.7. The molecule has 3 aromatic rings. The third-order valence-electron chi connectivity index (χ3n) is 3.60. The van der Waals surface area contributed by atoms with Crippen molar-refractivity contribution in [1.29, 1.82) is 0 Å². The van der Waals surface area contributed by atoms with Gasteiger partial charge in [0.25, 0.3) is 0 Å². The van der Waals surface area contributed by atoms with Crippen LogP contribution < -0.4 is 4.80 Å². The number of hydrogen-bond acceptors (Lipinski definition) is 3. The van der Waals surface area contributed by atoms with Crippen molar-refractivity contribution in [2.75, 3.05) is 6.61 Å². The fourth-order valence-electron chi connectivity index (χ4n) is 2.41. The molecule has 0 radical (unpaired) electrons. The molecule has 0 fully saturated rings. The van der Waals surface area contributed by atoms with Crippen LogP contribution in [0.15, 0.2) is 58.9 Å². The minimum Gasteiger partial charge on any atom is -0.395 e. The number of aliphatic hydroxyl groups is 1. The van der Waals surface area contributed by atoms with Crippen LogP contribution in [0, 0.1) is 6.92 Å². The number of nitrogens with zero attached hydrogens (tertiary/aromatic N) is 2. The maximum atomic E-state index is 9.43. The van der Waals surface area contributed by atoms with Crippen LogP contribution in [0.4, 0.5) is 5.69 Å². The minimum atomic E-state index is 0.0507. The van der Waals surface area contributed by atoms with E-state index in [0.717, 1.165) is 27.3 Å². The normalized spacial score (nSPS) is 11.9. The number of rotatable bonds is 4. The Kier molecular flexibility index (Phi) is 4.96. The molecule has 3 nitrogen and oxygen atoms in total. The van der Waals surface area contributed by atoms with Gasteiger partial charge in [-0.3, -0.25) is 0 Å². The Hall–Kier alpha value is -1.88. The van der Waals surface area contributed by atoms with Crippen molar-refractivity contribution in [3.05, 3.63) is 69.3 Å². The zero-order valence-corrected chi connectivity index (χ0v) is 14.3. The van der Waals surface area contributed by atoms with E-state index in [-0.39, 0.29) is 6.61 Å². The molecule has 0 amide bonds. The lowest BCUT2D eigenvalue weighted by Crippen LogP contribution is -2.18. The highest BCUT2D eigenvalue weighted by Gasteiger charge is 2.10. The van der Waals surface area contributed by atoms with E-state index in [9.17, 15) is 5.11 Å². The van der Waals surface area contributed by atoms with Crippen molar-refractivity contribution in [3.8, 4) is 11.3 Å². The van der Waals surface area contributed by atoms with Crippen LogP contribution in [-0.4, -0.2) is 16.3 Å². The average Bonchev–Trinajstić information content (AvgIpc) is 2.93. The lowest BCUT2D eigenvalue weighted by molar-refractivity contribution is 0.275. The summed E-state index contributed by atoms with van der Waals surface area (Å²) in [5.74, 6) is 0. The number of para-hydroxylation sites is 1. The van der Waals surface area contributed by atoms with Gasteiger partial charge >= 0.3 is 0 Å². The molecule has 118 valence electrons. The number of aromatic nitrogens is 1. The maximum Gasteiger partial charge on any atom is 0.190 e. The standard InChI is InChI=1S/C18H17ClN2OS/c1-13-6-2-5-9-16(13)20-18-21(10-11-22)17(12-23-18)14-7-3-4-8-15(14)19/h2-9,12,22H,10-11H2,1H3. The lowest BCUT2D eigenvalue weighted by Gasteiger charge is -2.09. The van der Waals surface area contributed by atoms with Crippen LogP contribution in [0.25, 0.3) is 11.3 Å². The van der Waals surface area contributed by atoms with E-state index in [1.54, 1.807) is 11.3 Å². The fraction of sp³-hybridized carbons (Fsp3) is 0.167. The van der Waals surface area contributed by atoms with Gasteiger partial charge in [-0.05, 0) is 24.6 Å². The Morgan fingerprint density at radius 3 is 2.61 bits per heavy atom. The number of aryl methyl sites for hydroxylation is 1. The Balaban J connectivity index is 2.17. The van der Waals surface area contributed by atoms with Gasteiger partial charge in [-0.1, -0.05) is 48.0 Å². The molecule has 0 bridgehead atoms. The van der Waals surface area contributed by atoms with Crippen LogP contribution >= 0.6 is 22.9 Å². The highest BCUT2D eigenvalue weighted by molar-refractivity contribution is 7.07. The third-order valence-corrected chi connectivity index (χ3v) is 4.80. The molecule has 5 heteroatoms. The van der Waals surface area contributed by atoms with Crippen molar-refractivity contribution in [1.82, 2.24) is 4.57 Å². The second kappa shape index (κ2) is 7.13. The predicted octanol–water partition coefficient (Wildman–Crippen LogP) is 4.40. The molecule has 0 aliphatic rings. The summed E-state index contributed by atoms with van der Waals surface area (Å²) in [5.41, 5.74) is 3.98. The molecular formula is C18H17ClN2OS. The van der Waals surface area contributed by atoms with E-state index in [1.165, 1.54) is 0 Å². The Bertz CT molecular complexity index is 882. The van der Waals surface area contributed by atoms with E-state index in [1.807, 2.05) is 65.4 Å². The Morgan fingerprint density at radius 1 is 1.13 bits per heavy atom. The molecule has 0 spiro atoms. The van der Waals surface area contributed by atoms with Crippen molar-refractivity contribution >= 4 is 28.6 Å². The first-order valence-corrected chi connectivity index (χ1v) is 8.61. The number of thiazole rings is 1. The van der Waals surface area contributed by atoms with E-state index >= 15 is 0 Å². The zero-order chi connectivity index (χ0) is 16.2. The molecule has 1 N–H and O–H groups in total. The van der Waals surface area contributed by atoms with E-state index in [2.05, 4.69) is 0 Å². The average molecular weight is 345 g/mol. The molecule has 2 aromatic carbocycles. The van der Waals surface area contributed by atoms with Crippen molar-refractivity contribution in [2.24, 2.45) is 4.99 Å². The van der Waals surface area contributed by atoms with Crippen LogP contribution in [0.5, 0.6) is 0 Å². The van der Waals surface area contributed by atoms with Gasteiger partial charge in [0.05, 0.1) is 18.0 Å². The summed E-state index contributed by atoms with van der Waals surface area (Å²) in [6.07, 6.45) is 0. The maximum absolute atomic E-state index is 9.43. The summed E-state index contributed by atoms with van der Waals surface area (Å²) < 4.78 is 2.01. The van der Waals surface area contributed by atoms with E-state index in [4.69, 9.17) is 16.6 Å². The molecule has 3 rings (SSSR count). The Labute approximate surface area is 144 Å². The van der Waals surface area contributed by atoms with Gasteiger partial charge in [-0.15, -0.1) is 11.3 Å². The molecule has 1 aromatic heterocycles. The van der Waals surface area contributed by atoms with Gasteiger partial charge in [-0.25, -0.2) is 4.99 Å². The van der Waals surface area contributed by atoms with E-state index < -0.39 is 0 Å². The molecular weight excluding hydrogens is 328 g/mol. The molecule has 0 atom stereocenters. The van der Waals surface area contributed by atoms with Gasteiger partial charge in [0, 0.05) is 22.5 Å². The lowest BCUT2D eigenvalue weighted by atomic mass is 10.2. The highest BCUT2D eigenvalue weighted by Crippen LogP contribution is 2.28. The molecule has 0 aliphatic heterocycles. The molecule has 23 heavy (non-hydrogen) atoms. The van der Waals surface area contributed by atoms with Crippen LogP contribution in [-0.2, 0) is 6.54 Å². The van der Waals surface area contributed by atoms with Crippen molar-refractivity contribution in [3.63, 3.8) is 0 Å². The van der Waals surface area contributed by atoms with E-state index in [0.29, 0.717) is 11.6 Å². The number of benzene rings is 2. The van der Waals surface area contributed by atoms with Crippen LogP contribution in [0.3, 0.4) is 0 Å². The topological polar surface area (TPSA) is 37.5 Å². The number of hydrogen-bond donors (Lipinski definition) is 1. The summed E-state index contributed by atoms with van der Waals surface area (Å²) in [6.45, 7) is 2.57. The smallest absolute Gasteiger partial charge is 0.190 e. The summed E-state index contributed by atoms with van der Waals surface area (Å²) >= 11 is 7.87. The monoisotopic (exact) mass is 344 g/mol. The van der Waals surface area contributed by atoms with Gasteiger partial charge in [0.2, 0.25) is 0 Å². The molecule has 1 heterocycles. The highest BCUT2D eigenvalue weighted by atomic mass is 35.5. The number of aliphatic hydroxyl groups excluding tert-OH is 1. The predicted molar refractivity (Wildman–Crippen MR) is 96.2 cm³/mol. The molecule has 0 aliphatic carbocycles. The Morgan fingerprint density at radius 2 is 1.87 bits per heavy atom. The summed E-state index contributed by atoms with van der Waals surface area (Å²) in [7, 11) is 0. The van der Waals surface area contributed by atoms with Crippen LogP contribution in [0.1, 0.15) is 5.56 Å². The van der Waals surface area contributed by atoms with Crippen molar-refractivity contribution in [2.45, 2.75) is 13.5 Å². The van der Waals surface area contributed by atoms with Gasteiger partial charge in [0.15, 0.2) is 4.80 Å². The fourth-order valence-corrected chi connectivity index (χ4v) is 3.58. The first kappa shape index (κ1) is 16.0. The largest absolute Gasteiger partial charge is 0.395 e. The first-order valence-electron chi connectivity index (χ1n) is 7.35. The summed E-state index contributed by atoms with van der Waals surface area (Å²) in [5, 5.41) is 12.2. The molecule has 0 saturated carbocycles. The second-order valence-corrected chi connectivity index (χ2v) is 6.40. The number of halogens is 1. The minimum absolute atomic E-state index is 0.0507. The summed E-state index contributed by atoms with van der Waals surface area (Å²) in [4.78, 5) is 5.61. The van der Waals surface area contributed by atoms with Crippen LogP contribution in [0.2, 0.25) is 5.02 Å². The van der Waals surface area contributed by atoms with Gasteiger partial charge in [-0.2, -0.15) is 0 Å². The van der Waals surface area contributed by atoms with Gasteiger partial charge in [0.1, 0.15) is 0 Å². The van der Waals surface area contributed by atoms with Crippen molar-refractivity contribution < 1.29 is 5.11 Å². The molecule has 0 unspecified atom stereocenters. The third kappa shape index (κ3) is 3.39. The first-order chi connectivity index (χ1) is 11.2. The second-order valence-electron chi connectivity index (χ2n) is 5.16. The van der Waals surface area contributed by atoms with Gasteiger partial charge < -0.3 is 9.67 Å². The SMILES string of the molecule is Cc1ccccc1N=c1scc(-c2ccccc2Cl)n1CCO. The molecule has 0 saturated heterocycles. The zero-order valence-electron chi connectivity index (χ0n) is 12.7.